The SMILES string of the molecule is O=C(O)C(Cl)(Cl)Cl.[Nd]. The van der Waals surface area contributed by atoms with Crippen LogP contribution in [0.3, 0.4) is 0 Å². The molecule has 0 heterocycles. The summed E-state index contributed by atoms with van der Waals surface area (Å²) in [6.07, 6.45) is 0. The van der Waals surface area contributed by atoms with E-state index in [1.54, 1.807) is 0 Å². The molecule has 0 aromatic carbocycles. The van der Waals surface area contributed by atoms with Gasteiger partial charge in [0, 0.05) is 40.8 Å². The van der Waals surface area contributed by atoms with Crippen molar-refractivity contribution in [2.24, 2.45) is 0 Å². The number of carbonyl (C=O) groups is 1. The summed E-state index contributed by atoms with van der Waals surface area (Å²) in [6.45, 7) is 0. The fourth-order valence-electron chi connectivity index (χ4n) is 0. The van der Waals surface area contributed by atoms with Crippen molar-refractivity contribution in [2.45, 2.75) is 3.79 Å². The summed E-state index contributed by atoms with van der Waals surface area (Å²) in [7, 11) is 0. The van der Waals surface area contributed by atoms with Gasteiger partial charge in [-0.2, -0.15) is 0 Å². The maximum absolute atomic E-state index is 9.62. The molecule has 0 unspecified atom stereocenters. The summed E-state index contributed by atoms with van der Waals surface area (Å²) < 4.78 is -2.17. The zero-order chi connectivity index (χ0) is 6.08. The predicted octanol–water partition coefficient (Wildman–Crippen LogP) is 1.44. The van der Waals surface area contributed by atoms with Gasteiger partial charge in [-0.15, -0.1) is 0 Å². The van der Waals surface area contributed by atoms with Crippen molar-refractivity contribution in [1.29, 1.82) is 0 Å². The second kappa shape index (κ2) is 4.50. The van der Waals surface area contributed by atoms with Gasteiger partial charge in [-0.1, -0.05) is 34.8 Å². The number of hydrogen-bond donors (Lipinski definition) is 1. The molecular weight excluding hydrogens is 307 g/mol. The second-order valence-corrected chi connectivity index (χ2v) is 3.08. The zero-order valence-electron chi connectivity index (χ0n) is 3.49. The largest absolute Gasteiger partial charge is 0.478 e. The number of alkyl halides is 3. The van der Waals surface area contributed by atoms with E-state index in [4.69, 9.17) is 39.9 Å². The molecule has 0 aromatic rings. The summed E-state index contributed by atoms with van der Waals surface area (Å²) in [5.74, 6) is -1.46. The summed E-state index contributed by atoms with van der Waals surface area (Å²) in [4.78, 5) is 9.62. The summed E-state index contributed by atoms with van der Waals surface area (Å²) in [5.41, 5.74) is 0. The number of rotatable bonds is 0. The van der Waals surface area contributed by atoms with Crippen molar-refractivity contribution in [2.75, 3.05) is 0 Å². The van der Waals surface area contributed by atoms with Crippen molar-refractivity contribution in [3.63, 3.8) is 0 Å². The van der Waals surface area contributed by atoms with Crippen LogP contribution in [0.25, 0.3) is 0 Å². The van der Waals surface area contributed by atoms with Gasteiger partial charge in [-0.3, -0.25) is 0 Å². The Morgan fingerprint density at radius 2 is 1.50 bits per heavy atom. The molecule has 0 saturated heterocycles. The maximum atomic E-state index is 9.62. The first-order valence-corrected chi connectivity index (χ1v) is 2.38. The number of halogens is 3. The molecule has 1 N–H and O–H groups in total. The van der Waals surface area contributed by atoms with Crippen molar-refractivity contribution < 1.29 is 50.7 Å². The number of aliphatic carboxylic acids is 1. The van der Waals surface area contributed by atoms with E-state index in [-0.39, 0.29) is 40.8 Å². The fraction of sp³-hybridized carbons (Fsp3) is 0.500. The van der Waals surface area contributed by atoms with Gasteiger partial charge in [0.05, 0.1) is 0 Å². The minimum Gasteiger partial charge on any atom is -0.478 e. The maximum Gasteiger partial charge on any atom is 0.356 e. The van der Waals surface area contributed by atoms with Crippen molar-refractivity contribution in [1.82, 2.24) is 0 Å². The van der Waals surface area contributed by atoms with Crippen LogP contribution in [0.15, 0.2) is 0 Å². The Morgan fingerprint density at radius 1 is 1.38 bits per heavy atom. The first-order chi connectivity index (χ1) is 2.94. The number of hydrogen-bond acceptors (Lipinski definition) is 1. The van der Waals surface area contributed by atoms with Crippen LogP contribution in [0, 0.1) is 40.8 Å². The van der Waals surface area contributed by atoms with Crippen molar-refractivity contribution in [3.05, 3.63) is 0 Å². The van der Waals surface area contributed by atoms with E-state index in [9.17, 15) is 4.79 Å². The third-order valence-electron chi connectivity index (χ3n) is 0.243. The van der Waals surface area contributed by atoms with Crippen LogP contribution in [0.2, 0.25) is 0 Å². The molecule has 6 heteroatoms. The quantitative estimate of drug-likeness (QED) is 0.688. The second-order valence-electron chi connectivity index (χ2n) is 0.803. The fourth-order valence-corrected chi connectivity index (χ4v) is 0. The van der Waals surface area contributed by atoms with Crippen LogP contribution in [0.1, 0.15) is 0 Å². The smallest absolute Gasteiger partial charge is 0.356 e. The molecule has 0 aliphatic carbocycles. The van der Waals surface area contributed by atoms with Gasteiger partial charge in [0.25, 0.3) is 3.79 Å². The summed E-state index contributed by atoms with van der Waals surface area (Å²) in [5, 5.41) is 7.85. The average Bonchev–Trinajstić information content (AvgIpc) is 1.31. The van der Waals surface area contributed by atoms with Crippen molar-refractivity contribution in [3.8, 4) is 0 Å². The van der Waals surface area contributed by atoms with Crippen LogP contribution >= 0.6 is 34.8 Å². The monoisotopic (exact) mass is 304 g/mol. The van der Waals surface area contributed by atoms with E-state index in [0.29, 0.717) is 0 Å². The van der Waals surface area contributed by atoms with Gasteiger partial charge in [-0.25, -0.2) is 4.79 Å². The molecule has 0 bridgehead atoms. The van der Waals surface area contributed by atoms with E-state index < -0.39 is 9.76 Å². The molecule has 8 heavy (non-hydrogen) atoms. The molecule has 0 fully saturated rings. The van der Waals surface area contributed by atoms with E-state index in [0.717, 1.165) is 0 Å². The van der Waals surface area contributed by atoms with E-state index in [1.165, 1.54) is 0 Å². The molecule has 0 radical (unpaired) electrons. The third-order valence-corrected chi connectivity index (χ3v) is 0.728. The molecule has 46 valence electrons. The Bertz CT molecular complexity index is 87.8. The first kappa shape index (κ1) is 12.4. The molecule has 0 aliphatic heterocycles. The van der Waals surface area contributed by atoms with Gasteiger partial charge in [0.1, 0.15) is 0 Å². The van der Waals surface area contributed by atoms with E-state index >= 15 is 0 Å². The Kier molecular flexibility index (Phi) is 6.96. The number of carboxylic acids is 1. The van der Waals surface area contributed by atoms with Gasteiger partial charge in [-0.05, 0) is 0 Å². The van der Waals surface area contributed by atoms with Gasteiger partial charge < -0.3 is 5.11 Å². The van der Waals surface area contributed by atoms with Crippen LogP contribution in [0.5, 0.6) is 0 Å². The normalized spacial score (nSPS) is 9.88. The molecule has 0 spiro atoms. The van der Waals surface area contributed by atoms with Crippen molar-refractivity contribution >= 4 is 40.8 Å². The Balaban J connectivity index is 0. The molecule has 2 nitrogen and oxygen atoms in total. The van der Waals surface area contributed by atoms with Crippen LogP contribution in [-0.4, -0.2) is 14.9 Å². The summed E-state index contributed by atoms with van der Waals surface area (Å²) in [6, 6.07) is 0. The molecule has 0 aliphatic rings. The Labute approximate surface area is 94.0 Å². The van der Waals surface area contributed by atoms with Crippen LogP contribution < -0.4 is 0 Å². The Morgan fingerprint density at radius 3 is 1.50 bits per heavy atom. The molecule has 0 amide bonds. The van der Waals surface area contributed by atoms with Gasteiger partial charge >= 0.3 is 5.97 Å². The predicted molar refractivity (Wildman–Crippen MR) is 27.9 cm³/mol. The van der Waals surface area contributed by atoms with E-state index in [1.807, 2.05) is 0 Å². The van der Waals surface area contributed by atoms with Crippen LogP contribution in [-0.2, 0) is 4.79 Å². The first-order valence-electron chi connectivity index (χ1n) is 1.24. The third kappa shape index (κ3) is 5.82. The topological polar surface area (TPSA) is 37.3 Å². The molecule has 0 rings (SSSR count). The molecule has 0 saturated carbocycles. The minimum absolute atomic E-state index is 0. The molecule has 0 aromatic heterocycles. The standard InChI is InChI=1S/C2HCl3O2.Nd/c3-2(4,5)1(6)7;/h(H,6,7);. The van der Waals surface area contributed by atoms with E-state index in [2.05, 4.69) is 0 Å². The zero-order valence-corrected chi connectivity index (χ0v) is 8.97. The van der Waals surface area contributed by atoms with Gasteiger partial charge in [0.2, 0.25) is 0 Å². The number of carboxylic acid groups (broad SMARTS) is 1. The summed E-state index contributed by atoms with van der Waals surface area (Å²) >= 11 is 14.4. The average molecular weight is 308 g/mol. The Hall–Kier alpha value is 1.69. The van der Waals surface area contributed by atoms with Crippen LogP contribution in [0.4, 0.5) is 0 Å². The molecule has 0 atom stereocenters. The van der Waals surface area contributed by atoms with Gasteiger partial charge in [0.15, 0.2) is 0 Å². The minimum atomic E-state index is -2.17. The molecular formula is C2HCl3NdO2.